The molecule has 0 aliphatic rings. The van der Waals surface area contributed by atoms with Crippen molar-refractivity contribution in [2.45, 2.75) is 13.1 Å². The second-order valence-electron chi connectivity index (χ2n) is 4.50. The zero-order chi connectivity index (χ0) is 13.7. The molecule has 1 N–H and O–H groups in total. The average molecular weight is 259 g/mol. The summed E-state index contributed by atoms with van der Waals surface area (Å²) in [5, 5.41) is 3.08. The van der Waals surface area contributed by atoms with E-state index in [9.17, 15) is 4.39 Å². The van der Waals surface area contributed by atoms with Gasteiger partial charge in [0.15, 0.2) is 0 Å². The van der Waals surface area contributed by atoms with E-state index in [-0.39, 0.29) is 5.82 Å². The Morgan fingerprint density at radius 3 is 2.74 bits per heavy atom. The maximum atomic E-state index is 13.1. The van der Waals surface area contributed by atoms with Crippen molar-refractivity contribution in [2.24, 2.45) is 0 Å². The Morgan fingerprint density at radius 1 is 1.21 bits per heavy atom. The lowest BCUT2D eigenvalue weighted by atomic mass is 10.2. The Morgan fingerprint density at radius 2 is 2.00 bits per heavy atom. The molecule has 0 spiro atoms. The molecule has 100 valence electrons. The van der Waals surface area contributed by atoms with Crippen LogP contribution in [0.25, 0.3) is 0 Å². The second kappa shape index (κ2) is 6.29. The SMILES string of the molecule is CNCc1cccc(N(C)Cc2cccc(F)c2)n1. The fourth-order valence-electron chi connectivity index (χ4n) is 1.95. The molecule has 0 fully saturated rings. The highest BCUT2D eigenvalue weighted by molar-refractivity contribution is 5.39. The maximum absolute atomic E-state index is 13.1. The minimum Gasteiger partial charge on any atom is -0.355 e. The molecule has 2 rings (SSSR count). The van der Waals surface area contributed by atoms with Gasteiger partial charge in [-0.3, -0.25) is 0 Å². The van der Waals surface area contributed by atoms with Crippen LogP contribution < -0.4 is 10.2 Å². The van der Waals surface area contributed by atoms with Gasteiger partial charge in [0.05, 0.1) is 5.69 Å². The second-order valence-corrected chi connectivity index (χ2v) is 4.50. The van der Waals surface area contributed by atoms with Gasteiger partial charge in [-0.1, -0.05) is 18.2 Å². The number of halogens is 1. The molecule has 3 nitrogen and oxygen atoms in total. The van der Waals surface area contributed by atoms with Gasteiger partial charge in [0.2, 0.25) is 0 Å². The number of pyridine rings is 1. The van der Waals surface area contributed by atoms with Gasteiger partial charge in [-0.25, -0.2) is 9.37 Å². The third kappa shape index (κ3) is 3.76. The fraction of sp³-hybridized carbons (Fsp3) is 0.267. The van der Waals surface area contributed by atoms with Crippen molar-refractivity contribution in [3.05, 3.63) is 59.5 Å². The quantitative estimate of drug-likeness (QED) is 0.894. The summed E-state index contributed by atoms with van der Waals surface area (Å²) >= 11 is 0. The van der Waals surface area contributed by atoms with Crippen LogP contribution in [0, 0.1) is 5.82 Å². The summed E-state index contributed by atoms with van der Waals surface area (Å²) < 4.78 is 13.1. The van der Waals surface area contributed by atoms with Crippen LogP contribution in [0.15, 0.2) is 42.5 Å². The third-order valence-electron chi connectivity index (χ3n) is 2.85. The van der Waals surface area contributed by atoms with Crippen LogP contribution in [0.1, 0.15) is 11.3 Å². The number of aromatic nitrogens is 1. The normalized spacial score (nSPS) is 10.5. The Labute approximate surface area is 113 Å². The molecule has 0 amide bonds. The molecule has 0 unspecified atom stereocenters. The maximum Gasteiger partial charge on any atom is 0.128 e. The summed E-state index contributed by atoms with van der Waals surface area (Å²) in [6.07, 6.45) is 0. The van der Waals surface area contributed by atoms with Gasteiger partial charge in [-0.05, 0) is 36.9 Å². The van der Waals surface area contributed by atoms with Crippen LogP contribution in [0.4, 0.5) is 10.2 Å². The van der Waals surface area contributed by atoms with Crippen molar-refractivity contribution in [3.8, 4) is 0 Å². The van der Waals surface area contributed by atoms with Gasteiger partial charge < -0.3 is 10.2 Å². The van der Waals surface area contributed by atoms with E-state index in [4.69, 9.17) is 0 Å². The van der Waals surface area contributed by atoms with Crippen molar-refractivity contribution in [3.63, 3.8) is 0 Å². The minimum atomic E-state index is -0.206. The molecule has 0 radical (unpaired) electrons. The van der Waals surface area contributed by atoms with Crippen molar-refractivity contribution >= 4 is 5.82 Å². The van der Waals surface area contributed by atoms with E-state index in [1.54, 1.807) is 12.1 Å². The molecular formula is C15H18FN3. The van der Waals surface area contributed by atoms with Crippen molar-refractivity contribution in [1.29, 1.82) is 0 Å². The molecule has 0 saturated heterocycles. The molecule has 1 aromatic carbocycles. The first kappa shape index (κ1) is 13.5. The zero-order valence-corrected chi connectivity index (χ0v) is 11.2. The van der Waals surface area contributed by atoms with E-state index >= 15 is 0 Å². The summed E-state index contributed by atoms with van der Waals surface area (Å²) in [5.74, 6) is 0.680. The predicted octanol–water partition coefficient (Wildman–Crippen LogP) is 2.58. The standard InChI is InChI=1S/C15H18FN3/c1-17-10-14-7-4-8-15(18-14)19(2)11-12-5-3-6-13(16)9-12/h3-9,17H,10-11H2,1-2H3. The Bertz CT molecular complexity index is 542. The van der Waals surface area contributed by atoms with Gasteiger partial charge in [0.1, 0.15) is 11.6 Å². The van der Waals surface area contributed by atoms with E-state index in [1.807, 2.05) is 43.3 Å². The van der Waals surface area contributed by atoms with Crippen LogP contribution in [0.2, 0.25) is 0 Å². The molecule has 1 aromatic heterocycles. The van der Waals surface area contributed by atoms with Crippen LogP contribution in [-0.4, -0.2) is 19.1 Å². The van der Waals surface area contributed by atoms with E-state index in [1.165, 1.54) is 6.07 Å². The number of nitrogens with one attached hydrogen (secondary N) is 1. The first-order chi connectivity index (χ1) is 9.19. The topological polar surface area (TPSA) is 28.2 Å². The van der Waals surface area contributed by atoms with Gasteiger partial charge in [-0.15, -0.1) is 0 Å². The van der Waals surface area contributed by atoms with E-state index in [0.29, 0.717) is 6.54 Å². The number of nitrogens with zero attached hydrogens (tertiary/aromatic N) is 2. The lowest BCUT2D eigenvalue weighted by molar-refractivity contribution is 0.625. The number of anilines is 1. The van der Waals surface area contributed by atoms with Crippen molar-refractivity contribution in [2.75, 3.05) is 19.0 Å². The highest BCUT2D eigenvalue weighted by atomic mass is 19.1. The number of rotatable bonds is 5. The van der Waals surface area contributed by atoms with E-state index in [0.717, 1.165) is 23.6 Å². The summed E-state index contributed by atoms with van der Waals surface area (Å²) in [6.45, 7) is 1.37. The number of hydrogen-bond donors (Lipinski definition) is 1. The lowest BCUT2D eigenvalue weighted by Crippen LogP contribution is -2.18. The Balaban J connectivity index is 2.11. The molecule has 0 aliphatic carbocycles. The van der Waals surface area contributed by atoms with Crippen LogP contribution in [-0.2, 0) is 13.1 Å². The minimum absolute atomic E-state index is 0.206. The van der Waals surface area contributed by atoms with E-state index < -0.39 is 0 Å². The highest BCUT2D eigenvalue weighted by Gasteiger charge is 2.05. The molecule has 1 heterocycles. The van der Waals surface area contributed by atoms with Crippen LogP contribution in [0.5, 0.6) is 0 Å². The van der Waals surface area contributed by atoms with E-state index in [2.05, 4.69) is 10.3 Å². The first-order valence-electron chi connectivity index (χ1n) is 6.25. The molecule has 19 heavy (non-hydrogen) atoms. The lowest BCUT2D eigenvalue weighted by Gasteiger charge is -2.19. The third-order valence-corrected chi connectivity index (χ3v) is 2.85. The van der Waals surface area contributed by atoms with Gasteiger partial charge in [-0.2, -0.15) is 0 Å². The Kier molecular flexibility index (Phi) is 4.47. The molecule has 2 aromatic rings. The number of benzene rings is 1. The van der Waals surface area contributed by atoms with Crippen molar-refractivity contribution < 1.29 is 4.39 Å². The summed E-state index contributed by atoms with van der Waals surface area (Å²) in [7, 11) is 3.85. The molecule has 0 atom stereocenters. The molecule has 4 heteroatoms. The first-order valence-corrected chi connectivity index (χ1v) is 6.25. The van der Waals surface area contributed by atoms with Gasteiger partial charge in [0, 0.05) is 20.1 Å². The number of hydrogen-bond acceptors (Lipinski definition) is 3. The molecular weight excluding hydrogens is 241 g/mol. The molecule has 0 saturated carbocycles. The molecule has 0 aliphatic heterocycles. The van der Waals surface area contributed by atoms with Crippen LogP contribution in [0.3, 0.4) is 0 Å². The fourth-order valence-corrected chi connectivity index (χ4v) is 1.95. The van der Waals surface area contributed by atoms with Gasteiger partial charge >= 0.3 is 0 Å². The highest BCUT2D eigenvalue weighted by Crippen LogP contribution is 2.14. The molecule has 0 bridgehead atoms. The monoisotopic (exact) mass is 259 g/mol. The predicted molar refractivity (Wildman–Crippen MR) is 75.5 cm³/mol. The van der Waals surface area contributed by atoms with Crippen molar-refractivity contribution in [1.82, 2.24) is 10.3 Å². The zero-order valence-electron chi connectivity index (χ0n) is 11.2. The summed E-state index contributed by atoms with van der Waals surface area (Å²) in [6, 6.07) is 12.6. The summed E-state index contributed by atoms with van der Waals surface area (Å²) in [4.78, 5) is 6.56. The Hall–Kier alpha value is -1.94. The van der Waals surface area contributed by atoms with Crippen LogP contribution >= 0.6 is 0 Å². The average Bonchev–Trinajstić information content (AvgIpc) is 2.39. The largest absolute Gasteiger partial charge is 0.355 e. The smallest absolute Gasteiger partial charge is 0.128 e. The van der Waals surface area contributed by atoms with Gasteiger partial charge in [0.25, 0.3) is 0 Å². The summed E-state index contributed by atoms with van der Waals surface area (Å²) in [5.41, 5.74) is 1.93.